The summed E-state index contributed by atoms with van der Waals surface area (Å²) in [6.07, 6.45) is 0. The summed E-state index contributed by atoms with van der Waals surface area (Å²) in [5.74, 6) is 0. The van der Waals surface area contributed by atoms with Gasteiger partial charge in [0.25, 0.3) is 0 Å². The SMILES string of the molecule is [2H]c1ccc(-c2cccc(-c3cccc([2H])c3)c2)cc1. The molecule has 0 aromatic heterocycles. The average molecular weight is 232 g/mol. The van der Waals surface area contributed by atoms with E-state index in [4.69, 9.17) is 2.74 Å². The van der Waals surface area contributed by atoms with E-state index in [9.17, 15) is 0 Å². The zero-order valence-electron chi connectivity index (χ0n) is 11.9. The van der Waals surface area contributed by atoms with Gasteiger partial charge in [0.2, 0.25) is 0 Å². The van der Waals surface area contributed by atoms with Gasteiger partial charge in [0.15, 0.2) is 0 Å². The largest absolute Gasteiger partial charge is 0.0623 e. The van der Waals surface area contributed by atoms with E-state index in [0.29, 0.717) is 12.1 Å². The van der Waals surface area contributed by atoms with Crippen molar-refractivity contribution in [2.75, 3.05) is 0 Å². The molecule has 3 aromatic rings. The molecule has 0 radical (unpaired) electrons. The van der Waals surface area contributed by atoms with E-state index in [1.54, 1.807) is 18.2 Å². The fourth-order valence-electron chi connectivity index (χ4n) is 2.03. The molecule has 0 heterocycles. The first-order valence-corrected chi connectivity index (χ1v) is 5.96. The van der Waals surface area contributed by atoms with Crippen LogP contribution in [-0.2, 0) is 0 Å². The predicted molar refractivity (Wildman–Crippen MR) is 77.3 cm³/mol. The van der Waals surface area contributed by atoms with Crippen LogP contribution in [0.1, 0.15) is 2.74 Å². The van der Waals surface area contributed by atoms with E-state index >= 15 is 0 Å². The molecule has 0 saturated heterocycles. The van der Waals surface area contributed by atoms with Crippen LogP contribution in [0, 0.1) is 0 Å². The number of rotatable bonds is 2. The first kappa shape index (κ1) is 8.71. The molecule has 0 heteroatoms. The van der Waals surface area contributed by atoms with Crippen molar-refractivity contribution in [2.24, 2.45) is 0 Å². The van der Waals surface area contributed by atoms with E-state index in [2.05, 4.69) is 18.2 Å². The van der Waals surface area contributed by atoms with E-state index < -0.39 is 0 Å². The summed E-state index contributed by atoms with van der Waals surface area (Å²) in [5, 5.41) is 0. The molecular weight excluding hydrogens is 216 g/mol. The lowest BCUT2D eigenvalue weighted by Crippen LogP contribution is -1.80. The lowest BCUT2D eigenvalue weighted by atomic mass is 9.99. The molecule has 0 N–H and O–H groups in total. The molecule has 0 aliphatic heterocycles. The van der Waals surface area contributed by atoms with Crippen LogP contribution in [0.4, 0.5) is 0 Å². The van der Waals surface area contributed by atoms with Crippen LogP contribution < -0.4 is 0 Å². The lowest BCUT2D eigenvalue weighted by molar-refractivity contribution is 1.59. The van der Waals surface area contributed by atoms with Crippen LogP contribution >= 0.6 is 0 Å². The maximum absolute atomic E-state index is 7.71. The quantitative estimate of drug-likeness (QED) is 0.582. The van der Waals surface area contributed by atoms with Crippen molar-refractivity contribution in [3.63, 3.8) is 0 Å². The molecule has 18 heavy (non-hydrogen) atoms. The highest BCUT2D eigenvalue weighted by Gasteiger charge is 2.00. The number of hydrogen-bond acceptors (Lipinski definition) is 0. The predicted octanol–water partition coefficient (Wildman–Crippen LogP) is 5.02. The first-order valence-electron chi connectivity index (χ1n) is 6.96. The van der Waals surface area contributed by atoms with Gasteiger partial charge in [-0.3, -0.25) is 0 Å². The van der Waals surface area contributed by atoms with Crippen LogP contribution in [0.5, 0.6) is 0 Å². The standard InChI is InChI=1S/C18H14/c1-3-8-15(9-4-1)17-12-7-13-18(14-17)16-10-5-2-6-11-16/h1-14H/i1D,5D. The van der Waals surface area contributed by atoms with Crippen molar-refractivity contribution < 1.29 is 2.74 Å². The van der Waals surface area contributed by atoms with Gasteiger partial charge in [-0.25, -0.2) is 0 Å². The Hall–Kier alpha value is -2.34. The lowest BCUT2D eigenvalue weighted by Gasteiger charge is -2.05. The van der Waals surface area contributed by atoms with Gasteiger partial charge >= 0.3 is 0 Å². The van der Waals surface area contributed by atoms with Crippen LogP contribution in [0.2, 0.25) is 0 Å². The van der Waals surface area contributed by atoms with E-state index in [1.165, 1.54) is 0 Å². The van der Waals surface area contributed by atoms with Crippen molar-refractivity contribution in [3.05, 3.63) is 84.9 Å². The Labute approximate surface area is 110 Å². The fourth-order valence-corrected chi connectivity index (χ4v) is 2.03. The second kappa shape index (κ2) is 4.89. The summed E-state index contributed by atoms with van der Waals surface area (Å²) in [6.45, 7) is 0. The van der Waals surface area contributed by atoms with Gasteiger partial charge in [0.05, 0.1) is 2.74 Å². The van der Waals surface area contributed by atoms with Crippen LogP contribution in [0.3, 0.4) is 0 Å². The van der Waals surface area contributed by atoms with Crippen LogP contribution in [-0.4, -0.2) is 0 Å². The Morgan fingerprint density at radius 1 is 0.500 bits per heavy atom. The molecule has 0 unspecified atom stereocenters. The molecule has 0 amide bonds. The van der Waals surface area contributed by atoms with Gasteiger partial charge in [-0.05, 0) is 28.3 Å². The summed E-state index contributed by atoms with van der Waals surface area (Å²) in [5.41, 5.74) is 4.38. The van der Waals surface area contributed by atoms with Crippen LogP contribution in [0.25, 0.3) is 22.3 Å². The molecule has 0 spiro atoms. The molecule has 86 valence electrons. The maximum Gasteiger partial charge on any atom is 0.0623 e. The third-order valence-corrected chi connectivity index (χ3v) is 2.95. The summed E-state index contributed by atoms with van der Waals surface area (Å²) in [4.78, 5) is 0. The highest BCUT2D eigenvalue weighted by atomic mass is 14.0. The second-order valence-corrected chi connectivity index (χ2v) is 4.16. The van der Waals surface area contributed by atoms with E-state index in [0.717, 1.165) is 22.3 Å². The average Bonchev–Trinajstić information content (AvgIpc) is 2.48. The molecule has 0 aliphatic rings. The maximum atomic E-state index is 7.71. The van der Waals surface area contributed by atoms with Crippen molar-refractivity contribution in [1.82, 2.24) is 0 Å². The second-order valence-electron chi connectivity index (χ2n) is 4.16. The molecule has 0 nitrogen and oxygen atoms in total. The fraction of sp³-hybridized carbons (Fsp3) is 0. The highest BCUT2D eigenvalue weighted by Crippen LogP contribution is 2.25. The normalized spacial score (nSPS) is 11.8. The Morgan fingerprint density at radius 2 is 1.11 bits per heavy atom. The minimum absolute atomic E-state index is 0.520. The zero-order chi connectivity index (χ0) is 13.9. The van der Waals surface area contributed by atoms with Crippen molar-refractivity contribution in [1.29, 1.82) is 0 Å². The minimum Gasteiger partial charge on any atom is -0.0622 e. The molecule has 0 saturated carbocycles. The third-order valence-electron chi connectivity index (χ3n) is 2.95. The van der Waals surface area contributed by atoms with Crippen LogP contribution in [0.15, 0.2) is 84.9 Å². The summed E-state index contributed by atoms with van der Waals surface area (Å²) in [6, 6.07) is 24.4. The van der Waals surface area contributed by atoms with Gasteiger partial charge in [-0.1, -0.05) is 78.8 Å². The van der Waals surface area contributed by atoms with Crippen molar-refractivity contribution in [3.8, 4) is 22.3 Å². The Bertz CT molecular complexity index is 730. The van der Waals surface area contributed by atoms with E-state index in [1.807, 2.05) is 36.4 Å². The van der Waals surface area contributed by atoms with Gasteiger partial charge < -0.3 is 0 Å². The Morgan fingerprint density at radius 3 is 1.83 bits per heavy atom. The molecule has 3 rings (SSSR count). The Kier molecular flexibility index (Phi) is 2.36. The summed E-state index contributed by atoms with van der Waals surface area (Å²) in [7, 11) is 0. The van der Waals surface area contributed by atoms with Gasteiger partial charge in [0.1, 0.15) is 0 Å². The molecule has 0 bridgehead atoms. The minimum atomic E-state index is 0.520. The first-order chi connectivity index (χ1) is 9.72. The van der Waals surface area contributed by atoms with Gasteiger partial charge in [-0.15, -0.1) is 0 Å². The van der Waals surface area contributed by atoms with Crippen molar-refractivity contribution >= 4 is 0 Å². The summed E-state index contributed by atoms with van der Waals surface area (Å²) < 4.78 is 15.2. The topological polar surface area (TPSA) is 0 Å². The monoisotopic (exact) mass is 232 g/mol. The van der Waals surface area contributed by atoms with Gasteiger partial charge in [-0.2, -0.15) is 0 Å². The molecular formula is C18H14. The zero-order valence-corrected chi connectivity index (χ0v) is 9.93. The number of benzene rings is 3. The molecule has 0 fully saturated rings. The third kappa shape index (κ3) is 2.18. The molecule has 0 atom stereocenters. The number of hydrogen-bond donors (Lipinski definition) is 0. The smallest absolute Gasteiger partial charge is 0.0622 e. The van der Waals surface area contributed by atoms with Crippen molar-refractivity contribution in [2.45, 2.75) is 0 Å². The molecule has 0 aliphatic carbocycles. The summed E-state index contributed by atoms with van der Waals surface area (Å²) >= 11 is 0. The molecule has 3 aromatic carbocycles. The van der Waals surface area contributed by atoms with E-state index in [-0.39, 0.29) is 0 Å². The Balaban J connectivity index is 2.03. The van der Waals surface area contributed by atoms with Gasteiger partial charge in [0, 0.05) is 0 Å². The highest BCUT2D eigenvalue weighted by molar-refractivity contribution is 5.72.